The molecule has 0 aromatic carbocycles. The van der Waals surface area contributed by atoms with Crippen LogP contribution in [0.3, 0.4) is 0 Å². The van der Waals surface area contributed by atoms with Crippen LogP contribution in [0.4, 0.5) is 0 Å². The Kier molecular flexibility index (Phi) is 12.7. The van der Waals surface area contributed by atoms with Crippen LogP contribution in [0.1, 0.15) is 41.5 Å². The molecule has 0 aliphatic heterocycles. The average Bonchev–Trinajstić information content (AvgIpc) is 2.03. The first-order valence-electron chi connectivity index (χ1n) is 5.97. The van der Waals surface area contributed by atoms with Crippen molar-refractivity contribution in [3.63, 3.8) is 0 Å². The van der Waals surface area contributed by atoms with E-state index in [0.717, 1.165) is 17.8 Å². The van der Waals surface area contributed by atoms with Crippen molar-refractivity contribution in [1.82, 2.24) is 0 Å². The number of hydrogen-bond donors (Lipinski definition) is 0. The second-order valence-corrected chi connectivity index (χ2v) is 13.3. The monoisotopic (exact) mass is 317 g/mol. The van der Waals surface area contributed by atoms with Crippen molar-refractivity contribution in [3.05, 3.63) is 6.57 Å². The molecule has 15 heavy (non-hydrogen) atoms. The molecule has 2 heteroatoms. The molecule has 0 aromatic rings. The molecule has 0 bridgehead atoms. The number of nitrogens with zero attached hydrogens (tertiary/aromatic N) is 1. The van der Waals surface area contributed by atoms with Crippen molar-refractivity contribution < 1.29 is 0 Å². The first kappa shape index (κ1) is 17.7. The second kappa shape index (κ2) is 10.8. The fourth-order valence-electron chi connectivity index (χ4n) is 1.98. The van der Waals surface area contributed by atoms with E-state index < -0.39 is 19.8 Å². The van der Waals surface area contributed by atoms with E-state index in [2.05, 4.69) is 41.5 Å². The van der Waals surface area contributed by atoms with Crippen LogP contribution in [-0.2, 0) is 0 Å². The molecular weight excluding hydrogens is 289 g/mol. The van der Waals surface area contributed by atoms with Gasteiger partial charge in [0.2, 0.25) is 0 Å². The SMILES string of the molecule is CC(C)[CH2][Sn+]([CH2]C(C)C)[CH2]C(C)C.[C-]#N. The summed E-state index contributed by atoms with van der Waals surface area (Å²) in [6.45, 7) is 19.1. The van der Waals surface area contributed by atoms with Gasteiger partial charge in [-0.2, -0.15) is 0 Å². The molecule has 0 spiro atoms. The van der Waals surface area contributed by atoms with Crippen molar-refractivity contribution in [1.29, 1.82) is 5.26 Å². The van der Waals surface area contributed by atoms with E-state index in [1.54, 1.807) is 13.3 Å². The Labute approximate surface area is 104 Å². The van der Waals surface area contributed by atoms with Crippen molar-refractivity contribution in [3.8, 4) is 0 Å². The molecule has 0 atom stereocenters. The molecule has 0 unspecified atom stereocenters. The molecule has 0 aliphatic rings. The number of rotatable bonds is 6. The second-order valence-electron chi connectivity index (χ2n) is 5.54. The smallest absolute Gasteiger partial charge is 0.488 e. The Hall–Kier alpha value is 0.289. The third-order valence-corrected chi connectivity index (χ3v) is 14.0. The molecule has 0 rings (SSSR count). The molecule has 1 nitrogen and oxygen atoms in total. The predicted molar refractivity (Wildman–Crippen MR) is 69.7 cm³/mol. The number of hydrogen-bond acceptors (Lipinski definition) is 1. The molecule has 0 aromatic heterocycles. The first-order valence-corrected chi connectivity index (χ1v) is 12.0. The molecular formula is C13H27NSn. The molecule has 0 N–H and O–H groups in total. The Morgan fingerprint density at radius 2 is 0.933 bits per heavy atom. The van der Waals surface area contributed by atoms with Gasteiger partial charge in [0.05, 0.1) is 0 Å². The zero-order valence-corrected chi connectivity index (χ0v) is 14.2. The van der Waals surface area contributed by atoms with Gasteiger partial charge < -0.3 is 11.8 Å². The molecule has 88 valence electrons. The summed E-state index contributed by atoms with van der Waals surface area (Å²) in [5, 5.41) is 6.25. The maximum atomic E-state index is 6.25. The van der Waals surface area contributed by atoms with Gasteiger partial charge in [0, 0.05) is 0 Å². The molecule has 0 radical (unpaired) electrons. The zero-order chi connectivity index (χ0) is 12.4. The normalized spacial score (nSPS) is 10.3. The third-order valence-electron chi connectivity index (χ3n) is 2.09. The average molecular weight is 316 g/mol. The minimum absolute atomic E-state index is 0.951. The van der Waals surface area contributed by atoms with Gasteiger partial charge >= 0.3 is 92.4 Å². The fourth-order valence-corrected chi connectivity index (χ4v) is 13.3. The van der Waals surface area contributed by atoms with Crippen molar-refractivity contribution in [2.45, 2.75) is 54.9 Å². The van der Waals surface area contributed by atoms with E-state index in [0.29, 0.717) is 0 Å². The fraction of sp³-hybridized carbons (Fsp3) is 0.923. The molecule has 0 saturated heterocycles. The van der Waals surface area contributed by atoms with Gasteiger partial charge in [-0.15, -0.1) is 0 Å². The summed E-state index contributed by atoms with van der Waals surface area (Å²) >= 11 is -0.976. The van der Waals surface area contributed by atoms with E-state index in [9.17, 15) is 0 Å². The van der Waals surface area contributed by atoms with Crippen LogP contribution >= 0.6 is 0 Å². The van der Waals surface area contributed by atoms with E-state index >= 15 is 0 Å². The third kappa shape index (κ3) is 14.3. The Morgan fingerprint density at radius 1 is 0.733 bits per heavy atom. The van der Waals surface area contributed by atoms with Crippen LogP contribution in [0.25, 0.3) is 0 Å². The van der Waals surface area contributed by atoms with Crippen LogP contribution in [0.2, 0.25) is 13.3 Å². The van der Waals surface area contributed by atoms with Gasteiger partial charge in [-0.05, 0) is 0 Å². The molecule has 0 saturated carbocycles. The predicted octanol–water partition coefficient (Wildman–Crippen LogP) is 4.55. The van der Waals surface area contributed by atoms with Crippen molar-refractivity contribution in [2.75, 3.05) is 0 Å². The van der Waals surface area contributed by atoms with Crippen LogP contribution in [-0.4, -0.2) is 19.8 Å². The standard InChI is InChI=1S/3C4H9.CN.Sn/c3*1-4(2)3;1-2;/h3*4H,1H2,2-3H3;;/q;;;-1;+1. The Morgan fingerprint density at radius 3 is 1.07 bits per heavy atom. The first-order chi connectivity index (χ1) is 6.91. The summed E-state index contributed by atoms with van der Waals surface area (Å²) in [4.78, 5) is 0. The van der Waals surface area contributed by atoms with Crippen molar-refractivity contribution >= 4 is 19.8 Å². The Bertz CT molecular complexity index is 126. The molecule has 0 fully saturated rings. The topological polar surface area (TPSA) is 23.8 Å². The summed E-state index contributed by atoms with van der Waals surface area (Å²) in [5.41, 5.74) is 0. The van der Waals surface area contributed by atoms with Gasteiger partial charge in [-0.3, -0.25) is 0 Å². The van der Waals surface area contributed by atoms with E-state index in [4.69, 9.17) is 11.8 Å². The van der Waals surface area contributed by atoms with Crippen LogP contribution in [0.15, 0.2) is 0 Å². The Balaban J connectivity index is 0. The van der Waals surface area contributed by atoms with Gasteiger partial charge in [0.15, 0.2) is 0 Å². The van der Waals surface area contributed by atoms with Gasteiger partial charge in [0.25, 0.3) is 0 Å². The van der Waals surface area contributed by atoms with Crippen LogP contribution in [0, 0.1) is 29.6 Å². The summed E-state index contributed by atoms with van der Waals surface area (Å²) in [6, 6.07) is 0. The van der Waals surface area contributed by atoms with Crippen molar-refractivity contribution in [2.24, 2.45) is 17.8 Å². The van der Waals surface area contributed by atoms with Gasteiger partial charge in [-0.1, -0.05) is 0 Å². The summed E-state index contributed by atoms with van der Waals surface area (Å²) in [5.74, 6) is 2.85. The van der Waals surface area contributed by atoms with Crippen LogP contribution < -0.4 is 0 Å². The van der Waals surface area contributed by atoms with E-state index in [1.165, 1.54) is 0 Å². The quantitative estimate of drug-likeness (QED) is 0.521. The van der Waals surface area contributed by atoms with Gasteiger partial charge in [-0.25, -0.2) is 0 Å². The molecule has 0 amide bonds. The molecule has 0 heterocycles. The maximum absolute atomic E-state index is 6.25. The van der Waals surface area contributed by atoms with E-state index in [-0.39, 0.29) is 0 Å². The summed E-state index contributed by atoms with van der Waals surface area (Å²) < 4.78 is 4.83. The van der Waals surface area contributed by atoms with Crippen LogP contribution in [0.5, 0.6) is 0 Å². The maximum Gasteiger partial charge on any atom is -0.488 e. The summed E-state index contributed by atoms with van der Waals surface area (Å²) in [7, 11) is 0. The molecule has 0 aliphatic carbocycles. The largest absolute Gasteiger partial charge is 0.512 e. The van der Waals surface area contributed by atoms with Gasteiger partial charge in [0.1, 0.15) is 0 Å². The minimum Gasteiger partial charge on any atom is -0.512 e. The van der Waals surface area contributed by atoms with E-state index in [1.807, 2.05) is 0 Å². The minimum atomic E-state index is -0.976. The summed E-state index contributed by atoms with van der Waals surface area (Å²) in [6.07, 6.45) is 0. The zero-order valence-electron chi connectivity index (χ0n) is 11.3.